The first kappa shape index (κ1) is 17.2. The van der Waals surface area contributed by atoms with Gasteiger partial charge in [-0.3, -0.25) is 0 Å². The van der Waals surface area contributed by atoms with E-state index in [0.717, 1.165) is 17.7 Å². The third-order valence-corrected chi connectivity index (χ3v) is 3.84. The SMILES string of the molecule is CCc1cccc(NC(=S)N[C@@H](C)c2ccc(OC)c(F)c2)c1. The fraction of sp³-hybridized carbons (Fsp3) is 0.278. The highest BCUT2D eigenvalue weighted by atomic mass is 32.1. The van der Waals surface area contributed by atoms with E-state index in [4.69, 9.17) is 17.0 Å². The minimum atomic E-state index is -0.381. The van der Waals surface area contributed by atoms with Crippen molar-refractivity contribution >= 4 is 23.0 Å². The number of anilines is 1. The molecular weight excluding hydrogens is 311 g/mol. The molecule has 0 aromatic heterocycles. The number of methoxy groups -OCH3 is 1. The van der Waals surface area contributed by atoms with Crippen LogP contribution in [-0.2, 0) is 6.42 Å². The summed E-state index contributed by atoms with van der Waals surface area (Å²) in [7, 11) is 1.45. The Labute approximate surface area is 141 Å². The summed E-state index contributed by atoms with van der Waals surface area (Å²) in [6, 6.07) is 12.9. The monoisotopic (exact) mass is 332 g/mol. The molecule has 2 N–H and O–H groups in total. The zero-order valence-electron chi connectivity index (χ0n) is 13.5. The summed E-state index contributed by atoms with van der Waals surface area (Å²) in [5.41, 5.74) is 2.98. The third-order valence-electron chi connectivity index (χ3n) is 3.62. The van der Waals surface area contributed by atoms with E-state index in [2.05, 4.69) is 29.7 Å². The van der Waals surface area contributed by atoms with Gasteiger partial charge in [-0.1, -0.05) is 25.1 Å². The van der Waals surface area contributed by atoms with Crippen molar-refractivity contribution in [2.75, 3.05) is 12.4 Å². The van der Waals surface area contributed by atoms with E-state index >= 15 is 0 Å². The second-order valence-electron chi connectivity index (χ2n) is 5.27. The van der Waals surface area contributed by atoms with Gasteiger partial charge in [-0.25, -0.2) is 4.39 Å². The molecule has 0 saturated carbocycles. The second kappa shape index (κ2) is 7.92. The Balaban J connectivity index is 2.00. The molecule has 5 heteroatoms. The molecule has 0 heterocycles. The first-order valence-electron chi connectivity index (χ1n) is 7.53. The third kappa shape index (κ3) is 4.66. The molecule has 0 aliphatic carbocycles. The van der Waals surface area contributed by atoms with Gasteiger partial charge in [0.15, 0.2) is 16.7 Å². The van der Waals surface area contributed by atoms with Crippen LogP contribution in [0.5, 0.6) is 5.75 Å². The van der Waals surface area contributed by atoms with Crippen molar-refractivity contribution in [3.63, 3.8) is 0 Å². The summed E-state index contributed by atoms with van der Waals surface area (Å²) in [6.45, 7) is 4.04. The standard InChI is InChI=1S/C18H21FN2OS/c1-4-13-6-5-7-15(10-13)21-18(23)20-12(2)14-8-9-17(22-3)16(19)11-14/h5-12H,4H2,1-3H3,(H2,20,21,23)/t12-/m0/s1. The molecule has 0 bridgehead atoms. The van der Waals surface area contributed by atoms with Crippen molar-refractivity contribution in [3.8, 4) is 5.75 Å². The number of benzene rings is 2. The largest absolute Gasteiger partial charge is 0.494 e. The molecule has 2 aromatic rings. The van der Waals surface area contributed by atoms with E-state index in [1.54, 1.807) is 6.07 Å². The summed E-state index contributed by atoms with van der Waals surface area (Å²) < 4.78 is 18.7. The van der Waals surface area contributed by atoms with Crippen LogP contribution in [0.25, 0.3) is 0 Å². The molecule has 23 heavy (non-hydrogen) atoms. The number of thiocarbonyl (C=S) groups is 1. The Hall–Kier alpha value is -2.14. The van der Waals surface area contributed by atoms with Crippen molar-refractivity contribution in [1.82, 2.24) is 5.32 Å². The average Bonchev–Trinajstić information content (AvgIpc) is 2.54. The van der Waals surface area contributed by atoms with Crippen molar-refractivity contribution in [3.05, 3.63) is 59.4 Å². The van der Waals surface area contributed by atoms with E-state index in [1.165, 1.54) is 18.7 Å². The van der Waals surface area contributed by atoms with Gasteiger partial charge in [0.25, 0.3) is 0 Å². The van der Waals surface area contributed by atoms with E-state index < -0.39 is 0 Å². The average molecular weight is 332 g/mol. The molecule has 0 spiro atoms. The predicted octanol–water partition coefficient (Wildman–Crippen LogP) is 4.44. The number of hydrogen-bond donors (Lipinski definition) is 2. The van der Waals surface area contributed by atoms with Gasteiger partial charge in [0, 0.05) is 5.69 Å². The molecule has 1 atom stereocenters. The number of ether oxygens (including phenoxy) is 1. The molecule has 0 aliphatic heterocycles. The van der Waals surface area contributed by atoms with Crippen LogP contribution in [0.3, 0.4) is 0 Å². The van der Waals surface area contributed by atoms with Gasteiger partial charge < -0.3 is 15.4 Å². The number of aryl methyl sites for hydroxylation is 1. The fourth-order valence-electron chi connectivity index (χ4n) is 2.27. The van der Waals surface area contributed by atoms with Crippen LogP contribution >= 0.6 is 12.2 Å². The Bertz CT molecular complexity index is 690. The Morgan fingerprint density at radius 3 is 2.70 bits per heavy atom. The summed E-state index contributed by atoms with van der Waals surface area (Å²) in [5, 5.41) is 6.82. The molecule has 0 aliphatic rings. The molecule has 0 unspecified atom stereocenters. The van der Waals surface area contributed by atoms with Gasteiger partial charge in [0.2, 0.25) is 0 Å². The predicted molar refractivity (Wildman–Crippen MR) is 96.5 cm³/mol. The number of rotatable bonds is 5. The molecule has 2 aromatic carbocycles. The van der Waals surface area contributed by atoms with E-state index in [0.29, 0.717) is 5.11 Å². The van der Waals surface area contributed by atoms with Crippen molar-refractivity contribution < 1.29 is 9.13 Å². The second-order valence-corrected chi connectivity index (χ2v) is 5.68. The van der Waals surface area contributed by atoms with Gasteiger partial charge in [0.1, 0.15) is 0 Å². The molecule has 0 saturated heterocycles. The minimum Gasteiger partial charge on any atom is -0.494 e. The zero-order valence-corrected chi connectivity index (χ0v) is 14.3. The molecule has 0 fully saturated rings. The van der Waals surface area contributed by atoms with Crippen LogP contribution < -0.4 is 15.4 Å². The Morgan fingerprint density at radius 2 is 2.04 bits per heavy atom. The first-order chi connectivity index (χ1) is 11.0. The Kier molecular flexibility index (Phi) is 5.93. The molecular formula is C18H21FN2OS. The van der Waals surface area contributed by atoms with Crippen LogP contribution in [0.2, 0.25) is 0 Å². The minimum absolute atomic E-state index is 0.121. The highest BCUT2D eigenvalue weighted by Crippen LogP contribution is 2.22. The van der Waals surface area contributed by atoms with Gasteiger partial charge >= 0.3 is 0 Å². The lowest BCUT2D eigenvalue weighted by molar-refractivity contribution is 0.386. The van der Waals surface area contributed by atoms with Crippen molar-refractivity contribution in [2.45, 2.75) is 26.3 Å². The summed E-state index contributed by atoms with van der Waals surface area (Å²) in [6.07, 6.45) is 0.969. The highest BCUT2D eigenvalue weighted by Gasteiger charge is 2.11. The van der Waals surface area contributed by atoms with Gasteiger partial charge in [-0.2, -0.15) is 0 Å². The first-order valence-corrected chi connectivity index (χ1v) is 7.94. The number of nitrogens with one attached hydrogen (secondary N) is 2. The van der Waals surface area contributed by atoms with Gasteiger partial charge in [-0.05, 0) is 61.0 Å². The topological polar surface area (TPSA) is 33.3 Å². The summed E-state index contributed by atoms with van der Waals surface area (Å²) in [4.78, 5) is 0. The maximum Gasteiger partial charge on any atom is 0.171 e. The Morgan fingerprint density at radius 1 is 1.26 bits per heavy atom. The lowest BCUT2D eigenvalue weighted by atomic mass is 10.1. The maximum absolute atomic E-state index is 13.8. The highest BCUT2D eigenvalue weighted by molar-refractivity contribution is 7.80. The quantitative estimate of drug-likeness (QED) is 0.793. The van der Waals surface area contributed by atoms with Crippen molar-refractivity contribution in [2.24, 2.45) is 0 Å². The summed E-state index contributed by atoms with van der Waals surface area (Å²) in [5.74, 6) is -0.147. The smallest absolute Gasteiger partial charge is 0.171 e. The normalized spacial score (nSPS) is 11.7. The number of halogens is 1. The summed E-state index contributed by atoms with van der Waals surface area (Å²) >= 11 is 5.33. The molecule has 0 amide bonds. The fourth-order valence-corrected chi connectivity index (χ4v) is 2.56. The van der Waals surface area contributed by atoms with E-state index in [-0.39, 0.29) is 17.6 Å². The van der Waals surface area contributed by atoms with Gasteiger partial charge in [0.05, 0.1) is 13.2 Å². The van der Waals surface area contributed by atoms with Gasteiger partial charge in [-0.15, -0.1) is 0 Å². The van der Waals surface area contributed by atoms with Crippen LogP contribution in [0.15, 0.2) is 42.5 Å². The maximum atomic E-state index is 13.8. The molecule has 3 nitrogen and oxygen atoms in total. The zero-order chi connectivity index (χ0) is 16.8. The van der Waals surface area contributed by atoms with Crippen LogP contribution in [0.4, 0.5) is 10.1 Å². The number of hydrogen-bond acceptors (Lipinski definition) is 2. The van der Waals surface area contributed by atoms with Crippen LogP contribution in [0.1, 0.15) is 31.0 Å². The van der Waals surface area contributed by atoms with Crippen molar-refractivity contribution in [1.29, 1.82) is 0 Å². The lowest BCUT2D eigenvalue weighted by Crippen LogP contribution is -2.31. The molecule has 0 radical (unpaired) electrons. The lowest BCUT2D eigenvalue weighted by Gasteiger charge is -2.18. The van der Waals surface area contributed by atoms with E-state index in [1.807, 2.05) is 25.1 Å². The van der Waals surface area contributed by atoms with E-state index in [9.17, 15) is 4.39 Å². The molecule has 122 valence electrons. The molecule has 2 rings (SSSR count). The van der Waals surface area contributed by atoms with Crippen LogP contribution in [0, 0.1) is 5.82 Å². The van der Waals surface area contributed by atoms with Crippen LogP contribution in [-0.4, -0.2) is 12.2 Å².